The van der Waals surface area contributed by atoms with Gasteiger partial charge in [0.15, 0.2) is 0 Å². The number of fused-ring (bicyclic) bond motifs is 3. The molecule has 4 rings (SSSR count). The van der Waals surface area contributed by atoms with Gasteiger partial charge in [-0.05, 0) is 44.9 Å². The van der Waals surface area contributed by atoms with Gasteiger partial charge in [0.05, 0.1) is 18.8 Å². The average molecular weight is 478 g/mol. The molecule has 0 spiro atoms. The topological polar surface area (TPSA) is 88.0 Å². The lowest BCUT2D eigenvalue weighted by Gasteiger charge is -2.28. The molecule has 1 aliphatic carbocycles. The number of aliphatic hydroxyl groups excluding tert-OH is 1. The monoisotopic (exact) mass is 477 g/mol. The second kappa shape index (κ2) is 9.22. The number of hydrogen-bond donors (Lipinski definition) is 3. The summed E-state index contributed by atoms with van der Waals surface area (Å²) in [5, 5.41) is 23.3. The molecule has 178 valence electrons. The van der Waals surface area contributed by atoms with E-state index in [0.29, 0.717) is 22.8 Å². The van der Waals surface area contributed by atoms with Gasteiger partial charge >= 0.3 is 5.97 Å². The minimum Gasteiger partial charge on any atom is -0.488 e. The number of hydrogen-bond acceptors (Lipinski definition) is 5. The number of nitrogens with one attached hydrogen (secondary N) is 1. The molecule has 1 aliphatic heterocycles. The van der Waals surface area contributed by atoms with Gasteiger partial charge in [0.2, 0.25) is 0 Å². The zero-order valence-corrected chi connectivity index (χ0v) is 19.6. The Bertz CT molecular complexity index is 1050. The van der Waals surface area contributed by atoms with E-state index in [9.17, 15) is 19.4 Å². The number of benzene rings is 2. The van der Waals surface area contributed by atoms with Crippen molar-refractivity contribution in [1.82, 2.24) is 5.32 Å². The first-order valence-electron chi connectivity index (χ1n) is 11.1. The van der Waals surface area contributed by atoms with Crippen molar-refractivity contribution in [2.75, 3.05) is 13.2 Å². The average Bonchev–Trinajstić information content (AvgIpc) is 3.35. The molecule has 5 atom stereocenters. The van der Waals surface area contributed by atoms with Gasteiger partial charge in [-0.25, -0.2) is 4.39 Å². The van der Waals surface area contributed by atoms with Crippen LogP contribution in [0.25, 0.3) is 0 Å². The molecule has 1 fully saturated rings. The highest BCUT2D eigenvalue weighted by molar-refractivity contribution is 6.30. The molecule has 0 aromatic heterocycles. The van der Waals surface area contributed by atoms with Crippen LogP contribution in [0.2, 0.25) is 5.02 Å². The zero-order chi connectivity index (χ0) is 23.9. The van der Waals surface area contributed by atoms with Gasteiger partial charge in [-0.15, -0.1) is 0 Å². The second-order valence-corrected chi connectivity index (χ2v) is 9.98. The predicted molar refractivity (Wildman–Crippen MR) is 122 cm³/mol. The SMILES string of the molecule is CC(OCC(O)CNC(C)(C)Cc1ccc(Cl)cc1F)c1cccc2c1OC1C(C(=O)O)C21. The summed E-state index contributed by atoms with van der Waals surface area (Å²) in [7, 11) is 0. The van der Waals surface area contributed by atoms with Crippen molar-refractivity contribution in [3.8, 4) is 5.75 Å². The van der Waals surface area contributed by atoms with Crippen molar-refractivity contribution in [2.45, 2.75) is 57.0 Å². The molecule has 3 N–H and O–H groups in total. The molecule has 6 nitrogen and oxygen atoms in total. The van der Waals surface area contributed by atoms with Crippen LogP contribution >= 0.6 is 11.6 Å². The molecule has 8 heteroatoms. The van der Waals surface area contributed by atoms with E-state index in [1.54, 1.807) is 12.1 Å². The predicted octanol–water partition coefficient (Wildman–Crippen LogP) is 4.09. The molecular formula is C25H29ClFNO5. The molecule has 0 radical (unpaired) electrons. The molecule has 0 bridgehead atoms. The van der Waals surface area contributed by atoms with Crippen molar-refractivity contribution in [1.29, 1.82) is 0 Å². The van der Waals surface area contributed by atoms with E-state index in [2.05, 4.69) is 5.32 Å². The van der Waals surface area contributed by atoms with Crippen molar-refractivity contribution in [2.24, 2.45) is 5.92 Å². The Morgan fingerprint density at radius 3 is 2.79 bits per heavy atom. The van der Waals surface area contributed by atoms with Crippen molar-refractivity contribution >= 4 is 17.6 Å². The number of aliphatic hydroxyl groups is 1. The minimum atomic E-state index is -0.831. The van der Waals surface area contributed by atoms with Gasteiger partial charge in [-0.1, -0.05) is 35.9 Å². The highest BCUT2D eigenvalue weighted by Gasteiger charge is 2.63. The third kappa shape index (κ3) is 5.17. The third-order valence-electron chi connectivity index (χ3n) is 6.37. The summed E-state index contributed by atoms with van der Waals surface area (Å²) in [5.41, 5.74) is 1.87. The van der Waals surface area contributed by atoms with E-state index in [1.165, 1.54) is 6.07 Å². The van der Waals surface area contributed by atoms with E-state index in [4.69, 9.17) is 21.1 Å². The molecule has 1 heterocycles. The Morgan fingerprint density at radius 1 is 1.33 bits per heavy atom. The number of carboxylic acids is 1. The van der Waals surface area contributed by atoms with Gasteiger partial charge in [-0.2, -0.15) is 0 Å². The van der Waals surface area contributed by atoms with E-state index in [-0.39, 0.29) is 37.1 Å². The zero-order valence-electron chi connectivity index (χ0n) is 18.8. The van der Waals surface area contributed by atoms with E-state index >= 15 is 0 Å². The lowest BCUT2D eigenvalue weighted by molar-refractivity contribution is -0.139. The summed E-state index contributed by atoms with van der Waals surface area (Å²) >= 11 is 5.82. The molecule has 33 heavy (non-hydrogen) atoms. The van der Waals surface area contributed by atoms with E-state index in [1.807, 2.05) is 39.0 Å². The van der Waals surface area contributed by atoms with Gasteiger partial charge in [0, 0.05) is 34.2 Å². The van der Waals surface area contributed by atoms with Crippen LogP contribution in [0.5, 0.6) is 5.75 Å². The van der Waals surface area contributed by atoms with Gasteiger partial charge in [0.1, 0.15) is 23.6 Å². The molecule has 0 saturated heterocycles. The van der Waals surface area contributed by atoms with Crippen LogP contribution in [0.1, 0.15) is 49.5 Å². The third-order valence-corrected chi connectivity index (χ3v) is 6.60. The summed E-state index contributed by atoms with van der Waals surface area (Å²) in [6.07, 6.45) is -0.947. The Hall–Kier alpha value is -2.19. The Balaban J connectivity index is 1.28. The smallest absolute Gasteiger partial charge is 0.311 e. The first-order chi connectivity index (χ1) is 15.6. The number of carbonyl (C=O) groups is 1. The summed E-state index contributed by atoms with van der Waals surface area (Å²) in [6.45, 7) is 6.15. The first kappa shape index (κ1) is 24.0. The number of carboxylic acid groups (broad SMARTS) is 1. The van der Waals surface area contributed by atoms with Crippen LogP contribution in [0.4, 0.5) is 4.39 Å². The lowest BCUT2D eigenvalue weighted by Crippen LogP contribution is -2.46. The Labute approximate surface area is 197 Å². The Morgan fingerprint density at radius 2 is 2.09 bits per heavy atom. The van der Waals surface area contributed by atoms with Crippen LogP contribution in [0.15, 0.2) is 36.4 Å². The van der Waals surface area contributed by atoms with Crippen LogP contribution < -0.4 is 10.1 Å². The number of rotatable bonds is 10. The molecule has 1 saturated carbocycles. The van der Waals surface area contributed by atoms with E-state index < -0.39 is 23.5 Å². The van der Waals surface area contributed by atoms with Crippen molar-refractivity contribution < 1.29 is 28.9 Å². The van der Waals surface area contributed by atoms with Gasteiger partial charge in [-0.3, -0.25) is 4.79 Å². The lowest BCUT2D eigenvalue weighted by atomic mass is 9.94. The summed E-state index contributed by atoms with van der Waals surface area (Å²) in [4.78, 5) is 11.3. The molecule has 5 unspecified atom stereocenters. The highest BCUT2D eigenvalue weighted by atomic mass is 35.5. The maximum Gasteiger partial charge on any atom is 0.311 e. The molecule has 2 aromatic carbocycles. The van der Waals surface area contributed by atoms with Crippen LogP contribution in [0.3, 0.4) is 0 Å². The molecule has 2 aliphatic rings. The second-order valence-electron chi connectivity index (χ2n) is 9.54. The van der Waals surface area contributed by atoms with Crippen LogP contribution in [0, 0.1) is 11.7 Å². The molecule has 0 amide bonds. The van der Waals surface area contributed by atoms with Gasteiger partial charge in [0.25, 0.3) is 0 Å². The minimum absolute atomic E-state index is 0.0906. The van der Waals surface area contributed by atoms with Crippen molar-refractivity contribution in [3.05, 3.63) is 63.9 Å². The first-order valence-corrected chi connectivity index (χ1v) is 11.5. The fraction of sp³-hybridized carbons (Fsp3) is 0.480. The highest BCUT2D eigenvalue weighted by Crippen LogP contribution is 2.59. The van der Waals surface area contributed by atoms with Crippen molar-refractivity contribution in [3.63, 3.8) is 0 Å². The van der Waals surface area contributed by atoms with Crippen LogP contribution in [-0.2, 0) is 16.0 Å². The number of ether oxygens (including phenoxy) is 2. The number of β-amino-alcohol motifs (C(OH)–C–C–N with tert-alkyl or cyclic N) is 1. The maximum absolute atomic E-state index is 14.1. The number of aliphatic carboxylic acids is 1. The number of halogens is 2. The molecular weight excluding hydrogens is 449 g/mol. The van der Waals surface area contributed by atoms with Gasteiger partial charge < -0.3 is 25.0 Å². The van der Waals surface area contributed by atoms with E-state index in [0.717, 1.165) is 11.1 Å². The van der Waals surface area contributed by atoms with Crippen LogP contribution in [-0.4, -0.2) is 47.1 Å². The number of para-hydroxylation sites is 1. The summed E-state index contributed by atoms with van der Waals surface area (Å²) < 4.78 is 25.9. The summed E-state index contributed by atoms with van der Waals surface area (Å²) in [5.74, 6) is -1.03. The fourth-order valence-electron chi connectivity index (χ4n) is 4.52. The Kier molecular flexibility index (Phi) is 6.69. The normalized spacial score (nSPS) is 22.8. The maximum atomic E-state index is 14.1. The molecule has 2 aromatic rings. The quantitative estimate of drug-likeness (QED) is 0.478. The summed E-state index contributed by atoms with van der Waals surface area (Å²) in [6, 6.07) is 10.3. The standard InChI is InChI=1S/C25H29ClFNO5/c1-13(17-5-4-6-18-20-21(24(30)31)23(20)33-22(17)18)32-12-16(29)11-28-25(2,3)10-14-7-8-15(26)9-19(14)27/h4-9,13,16,20-21,23,28-29H,10-12H2,1-3H3,(H,30,31). The fourth-order valence-corrected chi connectivity index (χ4v) is 4.68. The largest absolute Gasteiger partial charge is 0.488 e.